The number of hydrogen-bond donors (Lipinski definition) is 0. The summed E-state index contributed by atoms with van der Waals surface area (Å²) in [4.78, 5) is 14.6. The van der Waals surface area contributed by atoms with Gasteiger partial charge in [0.05, 0.1) is 31.9 Å². The molecule has 4 nitrogen and oxygen atoms in total. The van der Waals surface area contributed by atoms with Crippen molar-refractivity contribution < 1.29 is 18.7 Å². The highest BCUT2D eigenvalue weighted by atomic mass is 19.1. The SMILES string of the molecule is COc1ccc(C(=O)N2C[C@@H](c3cc(C)ccc3C)OC[C@@H]2C)c(F)c1. The molecule has 0 saturated carbocycles. The van der Waals surface area contributed by atoms with Crippen molar-refractivity contribution in [2.45, 2.75) is 32.9 Å². The molecule has 0 bridgehead atoms. The number of halogens is 1. The average molecular weight is 357 g/mol. The van der Waals surface area contributed by atoms with Crippen molar-refractivity contribution >= 4 is 5.91 Å². The molecule has 0 N–H and O–H groups in total. The molecule has 1 fully saturated rings. The number of nitrogens with zero attached hydrogens (tertiary/aromatic N) is 1. The third-order valence-corrected chi connectivity index (χ3v) is 4.88. The number of ether oxygens (including phenoxy) is 2. The van der Waals surface area contributed by atoms with Gasteiger partial charge >= 0.3 is 0 Å². The molecule has 0 aromatic heterocycles. The lowest BCUT2D eigenvalue weighted by Gasteiger charge is -2.38. The van der Waals surface area contributed by atoms with E-state index in [-0.39, 0.29) is 23.6 Å². The molecule has 2 aromatic rings. The van der Waals surface area contributed by atoms with Gasteiger partial charge in [-0.1, -0.05) is 23.8 Å². The Hall–Kier alpha value is -2.40. The minimum absolute atomic E-state index is 0.0549. The zero-order valence-electron chi connectivity index (χ0n) is 15.6. The van der Waals surface area contributed by atoms with E-state index in [9.17, 15) is 9.18 Å². The van der Waals surface area contributed by atoms with Crippen LogP contribution < -0.4 is 4.74 Å². The second-order valence-electron chi connectivity index (χ2n) is 6.83. The summed E-state index contributed by atoms with van der Waals surface area (Å²) in [6, 6.07) is 10.4. The van der Waals surface area contributed by atoms with E-state index in [1.165, 1.54) is 19.2 Å². The van der Waals surface area contributed by atoms with E-state index in [0.29, 0.717) is 18.9 Å². The molecule has 0 spiro atoms. The molecule has 2 atom stereocenters. The Kier molecular flexibility index (Phi) is 5.28. The monoisotopic (exact) mass is 357 g/mol. The van der Waals surface area contributed by atoms with E-state index in [0.717, 1.165) is 16.7 Å². The second-order valence-corrected chi connectivity index (χ2v) is 6.83. The maximum absolute atomic E-state index is 14.3. The Morgan fingerprint density at radius 3 is 2.69 bits per heavy atom. The number of carbonyl (C=O) groups is 1. The van der Waals surface area contributed by atoms with Crippen LogP contribution in [0, 0.1) is 19.7 Å². The normalized spacial score (nSPS) is 20.1. The minimum atomic E-state index is -0.573. The van der Waals surface area contributed by atoms with E-state index >= 15 is 0 Å². The first-order valence-corrected chi connectivity index (χ1v) is 8.74. The molecule has 1 amide bonds. The summed E-state index contributed by atoms with van der Waals surface area (Å²) in [5, 5.41) is 0. The van der Waals surface area contributed by atoms with Crippen LogP contribution in [0.3, 0.4) is 0 Å². The molecule has 0 aliphatic carbocycles. The molecule has 1 aliphatic rings. The third kappa shape index (κ3) is 3.58. The highest BCUT2D eigenvalue weighted by Gasteiger charge is 2.32. The Balaban J connectivity index is 1.86. The Bertz CT molecular complexity index is 821. The van der Waals surface area contributed by atoms with Crippen molar-refractivity contribution in [3.05, 3.63) is 64.5 Å². The molecule has 138 valence electrons. The summed E-state index contributed by atoms with van der Waals surface area (Å²) in [7, 11) is 1.47. The zero-order valence-corrected chi connectivity index (χ0v) is 15.6. The summed E-state index contributed by atoms with van der Waals surface area (Å²) in [5.41, 5.74) is 3.40. The third-order valence-electron chi connectivity index (χ3n) is 4.88. The van der Waals surface area contributed by atoms with Gasteiger partial charge in [-0.25, -0.2) is 4.39 Å². The first-order chi connectivity index (χ1) is 12.4. The number of methoxy groups -OCH3 is 1. The van der Waals surface area contributed by atoms with E-state index < -0.39 is 5.82 Å². The molecule has 26 heavy (non-hydrogen) atoms. The molecule has 0 radical (unpaired) electrons. The molecule has 3 rings (SSSR count). The van der Waals surface area contributed by atoms with Gasteiger partial charge in [-0.15, -0.1) is 0 Å². The van der Waals surface area contributed by atoms with Crippen molar-refractivity contribution in [3.8, 4) is 5.75 Å². The van der Waals surface area contributed by atoms with Gasteiger partial charge in [0, 0.05) is 6.07 Å². The van der Waals surface area contributed by atoms with Crippen molar-refractivity contribution in [2.24, 2.45) is 0 Å². The summed E-state index contributed by atoms with van der Waals surface area (Å²) >= 11 is 0. The summed E-state index contributed by atoms with van der Waals surface area (Å²) in [6.45, 7) is 6.80. The predicted molar refractivity (Wildman–Crippen MR) is 98.1 cm³/mol. The fourth-order valence-corrected chi connectivity index (χ4v) is 3.29. The zero-order chi connectivity index (χ0) is 18.8. The van der Waals surface area contributed by atoms with Crippen LogP contribution in [0.25, 0.3) is 0 Å². The smallest absolute Gasteiger partial charge is 0.257 e. The molecule has 1 heterocycles. The van der Waals surface area contributed by atoms with Gasteiger partial charge in [0.1, 0.15) is 17.7 Å². The Labute approximate surface area is 153 Å². The van der Waals surface area contributed by atoms with Gasteiger partial charge in [-0.3, -0.25) is 4.79 Å². The highest BCUT2D eigenvalue weighted by molar-refractivity contribution is 5.95. The molecule has 1 aliphatic heterocycles. The number of morpholine rings is 1. The van der Waals surface area contributed by atoms with E-state index in [4.69, 9.17) is 9.47 Å². The summed E-state index contributed by atoms with van der Waals surface area (Å²) < 4.78 is 25.3. The van der Waals surface area contributed by atoms with E-state index in [1.54, 1.807) is 11.0 Å². The van der Waals surface area contributed by atoms with E-state index in [1.807, 2.05) is 20.8 Å². The first-order valence-electron chi connectivity index (χ1n) is 8.74. The molecule has 0 unspecified atom stereocenters. The van der Waals surface area contributed by atoms with Gasteiger partial charge in [0.25, 0.3) is 5.91 Å². The summed E-state index contributed by atoms with van der Waals surface area (Å²) in [6.07, 6.45) is -0.212. The first kappa shape index (κ1) is 18.4. The van der Waals surface area contributed by atoms with Crippen LogP contribution in [0.1, 0.15) is 40.1 Å². The van der Waals surface area contributed by atoms with Crippen LogP contribution in [0.5, 0.6) is 5.75 Å². The maximum Gasteiger partial charge on any atom is 0.257 e. The number of aryl methyl sites for hydroxylation is 2. The number of rotatable bonds is 3. The fourth-order valence-electron chi connectivity index (χ4n) is 3.29. The number of amides is 1. The van der Waals surface area contributed by atoms with Crippen molar-refractivity contribution in [2.75, 3.05) is 20.3 Å². The van der Waals surface area contributed by atoms with Gasteiger partial charge in [-0.05, 0) is 44.0 Å². The van der Waals surface area contributed by atoms with Gasteiger partial charge in [-0.2, -0.15) is 0 Å². The highest BCUT2D eigenvalue weighted by Crippen LogP contribution is 2.29. The molecule has 5 heteroatoms. The molecular formula is C21H24FNO3. The van der Waals surface area contributed by atoms with Crippen molar-refractivity contribution in [1.29, 1.82) is 0 Å². The van der Waals surface area contributed by atoms with Gasteiger partial charge in [0.2, 0.25) is 0 Å². The van der Waals surface area contributed by atoms with Crippen LogP contribution in [0.15, 0.2) is 36.4 Å². The van der Waals surface area contributed by atoms with E-state index in [2.05, 4.69) is 18.2 Å². The fraction of sp³-hybridized carbons (Fsp3) is 0.381. The lowest BCUT2D eigenvalue weighted by atomic mass is 9.98. The van der Waals surface area contributed by atoms with Crippen LogP contribution in [0.2, 0.25) is 0 Å². The van der Waals surface area contributed by atoms with Gasteiger partial charge < -0.3 is 14.4 Å². The standard InChI is InChI=1S/C21H24FNO3/c1-13-5-6-14(2)18(9-13)20-11-23(15(3)12-26-20)21(24)17-8-7-16(25-4)10-19(17)22/h5-10,15,20H,11-12H2,1-4H3/t15-,20-/m0/s1. The van der Waals surface area contributed by atoms with Crippen LogP contribution in [0.4, 0.5) is 4.39 Å². The lowest BCUT2D eigenvalue weighted by Crippen LogP contribution is -2.48. The minimum Gasteiger partial charge on any atom is -0.497 e. The lowest BCUT2D eigenvalue weighted by molar-refractivity contribution is -0.0490. The Morgan fingerprint density at radius 1 is 1.23 bits per heavy atom. The van der Waals surface area contributed by atoms with Crippen LogP contribution >= 0.6 is 0 Å². The quantitative estimate of drug-likeness (QED) is 0.832. The second kappa shape index (κ2) is 7.46. The predicted octanol–water partition coefficient (Wildman–Crippen LogP) is 4.05. The Morgan fingerprint density at radius 2 is 2.00 bits per heavy atom. The number of hydrogen-bond acceptors (Lipinski definition) is 3. The number of benzene rings is 2. The number of carbonyl (C=O) groups excluding carboxylic acids is 1. The molecule has 2 aromatic carbocycles. The molecule has 1 saturated heterocycles. The topological polar surface area (TPSA) is 38.8 Å². The van der Waals surface area contributed by atoms with Gasteiger partial charge in [0.15, 0.2) is 0 Å². The summed E-state index contributed by atoms with van der Waals surface area (Å²) in [5.74, 6) is -0.505. The average Bonchev–Trinajstić information content (AvgIpc) is 2.63. The molecular weight excluding hydrogens is 333 g/mol. The largest absolute Gasteiger partial charge is 0.497 e. The van der Waals surface area contributed by atoms with Crippen molar-refractivity contribution in [1.82, 2.24) is 4.90 Å². The van der Waals surface area contributed by atoms with Crippen LogP contribution in [-0.4, -0.2) is 37.1 Å². The van der Waals surface area contributed by atoms with Crippen molar-refractivity contribution in [3.63, 3.8) is 0 Å². The van der Waals surface area contributed by atoms with Crippen LogP contribution in [-0.2, 0) is 4.74 Å². The maximum atomic E-state index is 14.3.